The second-order valence-corrected chi connectivity index (χ2v) is 8.45. The highest BCUT2D eigenvalue weighted by Gasteiger charge is 2.32. The third-order valence-corrected chi connectivity index (χ3v) is 6.68. The summed E-state index contributed by atoms with van der Waals surface area (Å²) in [6.45, 7) is 1.40. The van der Waals surface area contributed by atoms with E-state index in [-0.39, 0.29) is 17.4 Å². The monoisotopic (exact) mass is 375 g/mol. The van der Waals surface area contributed by atoms with Gasteiger partial charge in [0.05, 0.1) is 41.1 Å². The maximum absolute atomic E-state index is 13.1. The summed E-state index contributed by atoms with van der Waals surface area (Å²) in [4.78, 5) is 7.37. The van der Waals surface area contributed by atoms with Crippen molar-refractivity contribution in [2.75, 3.05) is 19.7 Å². The van der Waals surface area contributed by atoms with Crippen LogP contribution in [0.1, 0.15) is 24.5 Å². The number of piperidine rings is 1. The van der Waals surface area contributed by atoms with E-state index in [1.807, 2.05) is 12.3 Å². The first-order chi connectivity index (χ1) is 12.6. The molecule has 26 heavy (non-hydrogen) atoms. The largest absolute Gasteiger partial charge is 0.394 e. The van der Waals surface area contributed by atoms with Crippen LogP contribution < -0.4 is 0 Å². The molecule has 1 aliphatic rings. The number of aliphatic hydroxyl groups is 1. The molecule has 0 radical (unpaired) electrons. The van der Waals surface area contributed by atoms with Crippen molar-refractivity contribution < 1.29 is 13.5 Å². The summed E-state index contributed by atoms with van der Waals surface area (Å²) in [5.41, 5.74) is 2.33. The molecular weight excluding hydrogens is 354 g/mol. The van der Waals surface area contributed by atoms with E-state index in [9.17, 15) is 8.42 Å². The van der Waals surface area contributed by atoms with Crippen LogP contribution in [0.2, 0.25) is 0 Å². The van der Waals surface area contributed by atoms with E-state index in [4.69, 9.17) is 5.11 Å². The number of sulfonamides is 1. The number of fused-ring (bicyclic) bond motifs is 1. The summed E-state index contributed by atoms with van der Waals surface area (Å²) >= 11 is 0. The minimum Gasteiger partial charge on any atom is -0.394 e. The smallest absolute Gasteiger partial charge is 0.243 e. The topological polar surface area (TPSA) is 104 Å². The molecule has 1 aromatic carbocycles. The zero-order valence-corrected chi connectivity index (χ0v) is 15.1. The Morgan fingerprint density at radius 3 is 3.04 bits per heavy atom. The molecule has 2 N–H and O–H groups in total. The molecule has 3 aromatic rings. The van der Waals surface area contributed by atoms with Gasteiger partial charge >= 0.3 is 0 Å². The molecule has 0 unspecified atom stereocenters. The van der Waals surface area contributed by atoms with Crippen LogP contribution in [0.5, 0.6) is 0 Å². The van der Waals surface area contributed by atoms with Crippen molar-refractivity contribution in [1.29, 1.82) is 0 Å². The van der Waals surface area contributed by atoms with E-state index in [1.54, 1.807) is 33.5 Å². The van der Waals surface area contributed by atoms with Crippen LogP contribution in [0.25, 0.3) is 11.0 Å². The van der Waals surface area contributed by atoms with Crippen LogP contribution in [-0.2, 0) is 16.6 Å². The number of aliphatic hydroxyl groups excluding tert-OH is 1. The van der Waals surface area contributed by atoms with Crippen molar-refractivity contribution in [1.82, 2.24) is 24.1 Å². The molecule has 1 fully saturated rings. The molecule has 1 saturated heterocycles. The first-order valence-corrected chi connectivity index (χ1v) is 10.1. The molecule has 138 valence electrons. The van der Waals surface area contributed by atoms with Gasteiger partial charge in [-0.15, -0.1) is 0 Å². The van der Waals surface area contributed by atoms with Crippen molar-refractivity contribution in [3.63, 3.8) is 0 Å². The van der Waals surface area contributed by atoms with Gasteiger partial charge in [0.1, 0.15) is 0 Å². The number of aromatic nitrogens is 4. The Labute approximate surface area is 151 Å². The summed E-state index contributed by atoms with van der Waals surface area (Å²) in [7, 11) is -3.56. The molecule has 1 atom stereocenters. The highest BCUT2D eigenvalue weighted by atomic mass is 32.2. The minimum atomic E-state index is -3.56. The number of hydrogen-bond acceptors (Lipinski definition) is 5. The van der Waals surface area contributed by atoms with Gasteiger partial charge in [-0.3, -0.25) is 4.68 Å². The number of hydrogen-bond donors (Lipinski definition) is 2. The van der Waals surface area contributed by atoms with Crippen LogP contribution in [0.3, 0.4) is 0 Å². The lowest BCUT2D eigenvalue weighted by Crippen LogP contribution is -2.39. The third-order valence-electron chi connectivity index (χ3n) is 4.82. The number of aromatic amines is 1. The Morgan fingerprint density at radius 1 is 1.31 bits per heavy atom. The second-order valence-electron chi connectivity index (χ2n) is 6.51. The molecule has 0 saturated carbocycles. The highest BCUT2D eigenvalue weighted by molar-refractivity contribution is 7.89. The molecule has 2 aromatic heterocycles. The van der Waals surface area contributed by atoms with Gasteiger partial charge in [-0.1, -0.05) is 0 Å². The Kier molecular flexibility index (Phi) is 4.51. The predicted molar refractivity (Wildman–Crippen MR) is 96.1 cm³/mol. The lowest BCUT2D eigenvalue weighted by Gasteiger charge is -2.31. The zero-order valence-electron chi connectivity index (χ0n) is 14.2. The number of nitrogens with one attached hydrogen (secondary N) is 1. The lowest BCUT2D eigenvalue weighted by atomic mass is 9.96. The van der Waals surface area contributed by atoms with E-state index in [1.165, 1.54) is 0 Å². The van der Waals surface area contributed by atoms with Crippen LogP contribution in [0.15, 0.2) is 41.7 Å². The van der Waals surface area contributed by atoms with Crippen molar-refractivity contribution in [2.45, 2.75) is 30.2 Å². The summed E-state index contributed by atoms with van der Waals surface area (Å²) in [5, 5.41) is 13.5. The van der Waals surface area contributed by atoms with Crippen molar-refractivity contribution in [3.05, 3.63) is 42.5 Å². The molecule has 3 heterocycles. The maximum Gasteiger partial charge on any atom is 0.243 e. The molecule has 0 amide bonds. The normalized spacial score (nSPS) is 19.2. The molecule has 0 spiro atoms. The Morgan fingerprint density at radius 2 is 2.19 bits per heavy atom. The van der Waals surface area contributed by atoms with Gasteiger partial charge in [-0.05, 0) is 37.1 Å². The number of benzene rings is 1. The molecular formula is C17H21N5O3S. The van der Waals surface area contributed by atoms with Crippen LogP contribution >= 0.6 is 0 Å². The fraction of sp³-hybridized carbons (Fsp3) is 0.412. The first kappa shape index (κ1) is 17.2. The van der Waals surface area contributed by atoms with Gasteiger partial charge in [0.25, 0.3) is 0 Å². The van der Waals surface area contributed by atoms with Crippen molar-refractivity contribution in [3.8, 4) is 0 Å². The van der Waals surface area contributed by atoms with E-state index in [0.29, 0.717) is 25.2 Å². The minimum absolute atomic E-state index is 0.0301. The second kappa shape index (κ2) is 6.82. The van der Waals surface area contributed by atoms with Gasteiger partial charge < -0.3 is 10.1 Å². The first-order valence-electron chi connectivity index (χ1n) is 8.65. The van der Waals surface area contributed by atoms with E-state index >= 15 is 0 Å². The fourth-order valence-corrected chi connectivity index (χ4v) is 5.00. The highest BCUT2D eigenvalue weighted by Crippen LogP contribution is 2.30. The zero-order chi connectivity index (χ0) is 18.1. The summed E-state index contributed by atoms with van der Waals surface area (Å²) < 4.78 is 29.4. The third kappa shape index (κ3) is 3.13. The molecule has 0 bridgehead atoms. The van der Waals surface area contributed by atoms with Gasteiger partial charge in [0.15, 0.2) is 0 Å². The molecule has 4 rings (SSSR count). The summed E-state index contributed by atoms with van der Waals surface area (Å²) in [6.07, 6.45) is 5.08. The van der Waals surface area contributed by atoms with Crippen LogP contribution in [0.4, 0.5) is 0 Å². The van der Waals surface area contributed by atoms with E-state index in [2.05, 4.69) is 15.1 Å². The quantitative estimate of drug-likeness (QED) is 0.700. The lowest BCUT2D eigenvalue weighted by molar-refractivity contribution is 0.267. The average molecular weight is 375 g/mol. The molecule has 1 aliphatic heterocycles. The Bertz CT molecular complexity index is 1010. The predicted octanol–water partition coefficient (Wildman–Crippen LogP) is 1.32. The van der Waals surface area contributed by atoms with Crippen LogP contribution in [0, 0.1) is 0 Å². The number of imidazole rings is 1. The van der Waals surface area contributed by atoms with Gasteiger partial charge in [0.2, 0.25) is 10.0 Å². The number of nitrogens with zero attached hydrogens (tertiary/aromatic N) is 4. The Hall–Kier alpha value is -2.23. The van der Waals surface area contributed by atoms with Crippen molar-refractivity contribution >= 4 is 21.1 Å². The SMILES string of the molecule is O=S(=O)(c1ccc2nc[nH]c2c1)N1CCC[C@H](c2ccn(CCO)n2)C1. The van der Waals surface area contributed by atoms with Crippen LogP contribution in [-0.4, -0.2) is 57.3 Å². The molecule has 9 heteroatoms. The molecule has 0 aliphatic carbocycles. The molecule has 8 nitrogen and oxygen atoms in total. The van der Waals surface area contributed by atoms with E-state index < -0.39 is 10.0 Å². The standard InChI is InChI=1S/C17H21N5O3S/c23-9-8-21-7-5-15(20-21)13-2-1-6-22(11-13)26(24,25)14-3-4-16-17(10-14)19-12-18-16/h3-5,7,10,12-13,23H,1-2,6,8-9,11H2,(H,18,19)/t13-/m0/s1. The fourth-order valence-electron chi connectivity index (χ4n) is 3.45. The average Bonchev–Trinajstić information content (AvgIpc) is 3.30. The summed E-state index contributed by atoms with van der Waals surface area (Å²) in [5.74, 6) is 0.0642. The van der Waals surface area contributed by atoms with Gasteiger partial charge in [-0.2, -0.15) is 9.40 Å². The van der Waals surface area contributed by atoms with E-state index in [0.717, 1.165) is 24.1 Å². The number of H-pyrrole nitrogens is 1. The maximum atomic E-state index is 13.1. The van der Waals surface area contributed by atoms with Gasteiger partial charge in [0, 0.05) is 25.2 Å². The Balaban J connectivity index is 1.57. The summed E-state index contributed by atoms with van der Waals surface area (Å²) in [6, 6.07) is 6.87. The van der Waals surface area contributed by atoms with Gasteiger partial charge in [-0.25, -0.2) is 13.4 Å². The van der Waals surface area contributed by atoms with Crippen molar-refractivity contribution in [2.24, 2.45) is 0 Å². The number of rotatable bonds is 5.